The van der Waals surface area contributed by atoms with Gasteiger partial charge in [0.2, 0.25) is 0 Å². The van der Waals surface area contributed by atoms with Crippen molar-refractivity contribution >= 4 is 11.6 Å². The number of ketones is 2. The molecule has 0 atom stereocenters. The summed E-state index contributed by atoms with van der Waals surface area (Å²) in [5, 5.41) is 0. The van der Waals surface area contributed by atoms with Crippen LogP contribution in [0.3, 0.4) is 0 Å². The fourth-order valence-electron chi connectivity index (χ4n) is 1.94. The molecule has 19 heavy (non-hydrogen) atoms. The van der Waals surface area contributed by atoms with Crippen molar-refractivity contribution in [3.8, 4) is 0 Å². The predicted octanol–water partition coefficient (Wildman–Crippen LogP) is 3.44. The van der Waals surface area contributed by atoms with E-state index in [2.05, 4.69) is 0 Å². The van der Waals surface area contributed by atoms with Crippen LogP contribution in [0.2, 0.25) is 0 Å². The first-order chi connectivity index (χ1) is 9.16. The number of hydrogen-bond acceptors (Lipinski definition) is 2. The van der Waals surface area contributed by atoms with Crippen molar-refractivity contribution in [2.75, 3.05) is 0 Å². The van der Waals surface area contributed by atoms with Gasteiger partial charge in [-0.15, -0.1) is 0 Å². The molecule has 96 valence electrons. The van der Waals surface area contributed by atoms with Gasteiger partial charge < -0.3 is 4.79 Å². The van der Waals surface area contributed by atoms with Crippen molar-refractivity contribution in [2.45, 2.75) is 19.8 Å². The van der Waals surface area contributed by atoms with E-state index in [4.69, 9.17) is 0 Å². The smallest absolute Gasteiger partial charge is 0.193 e. The molecule has 0 radical (unpaired) electrons. The number of aryl methyl sites for hydroxylation is 1. The molecule has 0 bridgehead atoms. The van der Waals surface area contributed by atoms with Gasteiger partial charge in [-0.1, -0.05) is 48.5 Å². The molecule has 2 heteroatoms. The molecule has 0 heterocycles. The van der Waals surface area contributed by atoms with Gasteiger partial charge >= 0.3 is 0 Å². The van der Waals surface area contributed by atoms with Crippen molar-refractivity contribution in [1.82, 2.24) is 0 Å². The first kappa shape index (κ1) is 13.2. The molecule has 0 N–H and O–H groups in total. The third kappa shape index (κ3) is 3.62. The normalized spacial score (nSPS) is 10.2. The van der Waals surface area contributed by atoms with Crippen LogP contribution in [-0.4, -0.2) is 11.6 Å². The van der Waals surface area contributed by atoms with Gasteiger partial charge in [-0.05, 0) is 25.0 Å². The molecule has 0 aliphatic carbocycles. The summed E-state index contributed by atoms with van der Waals surface area (Å²) in [6, 6.07) is 16.7. The predicted molar refractivity (Wildman–Crippen MR) is 75.3 cm³/mol. The van der Waals surface area contributed by atoms with Gasteiger partial charge in [-0.25, -0.2) is 0 Å². The Morgan fingerprint density at radius 1 is 0.895 bits per heavy atom. The molecule has 2 aromatic rings. The molecule has 0 amide bonds. The summed E-state index contributed by atoms with van der Waals surface area (Å²) in [6.07, 6.45) is 1.20. The van der Waals surface area contributed by atoms with Gasteiger partial charge in [0.1, 0.15) is 5.78 Å². The molecular weight excluding hydrogens is 236 g/mol. The Morgan fingerprint density at radius 2 is 1.58 bits per heavy atom. The lowest BCUT2D eigenvalue weighted by Crippen LogP contribution is -2.02. The Hall–Kier alpha value is -2.22. The Balaban J connectivity index is 2.19. The minimum absolute atomic E-state index is 0.0188. The molecule has 2 rings (SSSR count). The van der Waals surface area contributed by atoms with E-state index >= 15 is 0 Å². The second kappa shape index (κ2) is 6.10. The van der Waals surface area contributed by atoms with Gasteiger partial charge in [0.15, 0.2) is 5.78 Å². The second-order valence-electron chi connectivity index (χ2n) is 4.60. The maximum atomic E-state index is 12.3. The topological polar surface area (TPSA) is 34.1 Å². The Kier molecular flexibility index (Phi) is 4.24. The highest BCUT2D eigenvalue weighted by molar-refractivity contribution is 6.09. The zero-order valence-corrected chi connectivity index (χ0v) is 10.9. The minimum Gasteiger partial charge on any atom is -0.300 e. The highest BCUT2D eigenvalue weighted by atomic mass is 16.1. The van der Waals surface area contributed by atoms with E-state index in [1.807, 2.05) is 54.6 Å². The molecule has 0 aliphatic rings. The van der Waals surface area contributed by atoms with E-state index in [0.717, 1.165) is 5.56 Å². The summed E-state index contributed by atoms with van der Waals surface area (Å²) in [5.74, 6) is 0.185. The minimum atomic E-state index is 0.0188. The molecular formula is C17H16O2. The fourth-order valence-corrected chi connectivity index (χ4v) is 1.94. The number of Topliss-reactive ketones (excluding diaryl/α,β-unsaturated/α-hetero) is 1. The first-order valence-corrected chi connectivity index (χ1v) is 6.35. The van der Waals surface area contributed by atoms with Crippen molar-refractivity contribution < 1.29 is 9.59 Å². The number of hydrogen-bond donors (Lipinski definition) is 0. The van der Waals surface area contributed by atoms with Gasteiger partial charge in [0.25, 0.3) is 0 Å². The monoisotopic (exact) mass is 252 g/mol. The van der Waals surface area contributed by atoms with Crippen LogP contribution >= 0.6 is 0 Å². The van der Waals surface area contributed by atoms with Gasteiger partial charge in [0, 0.05) is 17.5 Å². The molecule has 0 fully saturated rings. The summed E-state index contributed by atoms with van der Waals surface area (Å²) in [6.45, 7) is 1.58. The third-order valence-electron chi connectivity index (χ3n) is 2.99. The molecule has 2 nitrogen and oxygen atoms in total. The summed E-state index contributed by atoms with van der Waals surface area (Å²) in [5.41, 5.74) is 2.38. The summed E-state index contributed by atoms with van der Waals surface area (Å²) in [7, 11) is 0. The fraction of sp³-hybridized carbons (Fsp3) is 0.176. The summed E-state index contributed by atoms with van der Waals surface area (Å²) in [4.78, 5) is 23.3. The zero-order chi connectivity index (χ0) is 13.7. The SMILES string of the molecule is CC(=O)CCc1cccc(C(=O)c2ccccc2)c1. The van der Waals surface area contributed by atoms with E-state index in [0.29, 0.717) is 24.0 Å². The van der Waals surface area contributed by atoms with Crippen molar-refractivity contribution in [2.24, 2.45) is 0 Å². The van der Waals surface area contributed by atoms with Crippen LogP contribution in [0, 0.1) is 0 Å². The van der Waals surface area contributed by atoms with Crippen molar-refractivity contribution in [3.05, 3.63) is 71.3 Å². The van der Waals surface area contributed by atoms with E-state index in [-0.39, 0.29) is 11.6 Å². The van der Waals surface area contributed by atoms with Crippen LogP contribution in [0.25, 0.3) is 0 Å². The van der Waals surface area contributed by atoms with Gasteiger partial charge in [-0.2, -0.15) is 0 Å². The first-order valence-electron chi connectivity index (χ1n) is 6.35. The largest absolute Gasteiger partial charge is 0.300 e. The quantitative estimate of drug-likeness (QED) is 0.764. The maximum Gasteiger partial charge on any atom is 0.193 e. The molecule has 0 saturated carbocycles. The zero-order valence-electron chi connectivity index (χ0n) is 10.9. The Labute approximate surface area is 113 Å². The highest BCUT2D eigenvalue weighted by Gasteiger charge is 2.08. The van der Waals surface area contributed by atoms with Gasteiger partial charge in [0.05, 0.1) is 0 Å². The van der Waals surface area contributed by atoms with Crippen molar-refractivity contribution in [3.63, 3.8) is 0 Å². The van der Waals surface area contributed by atoms with Crippen LogP contribution in [-0.2, 0) is 11.2 Å². The maximum absolute atomic E-state index is 12.3. The van der Waals surface area contributed by atoms with E-state index < -0.39 is 0 Å². The van der Waals surface area contributed by atoms with Crippen LogP contribution < -0.4 is 0 Å². The standard InChI is InChI=1S/C17H16O2/c1-13(18)10-11-14-6-5-9-16(12-14)17(19)15-7-3-2-4-8-15/h2-9,12H,10-11H2,1H3. The van der Waals surface area contributed by atoms with E-state index in [1.54, 1.807) is 6.92 Å². The molecule has 0 aromatic heterocycles. The molecule has 2 aromatic carbocycles. The van der Waals surface area contributed by atoms with Crippen LogP contribution in [0.5, 0.6) is 0 Å². The molecule has 0 aliphatic heterocycles. The Morgan fingerprint density at radius 3 is 2.26 bits per heavy atom. The van der Waals surface area contributed by atoms with Crippen LogP contribution in [0.4, 0.5) is 0 Å². The lowest BCUT2D eigenvalue weighted by Gasteiger charge is -2.04. The highest BCUT2D eigenvalue weighted by Crippen LogP contribution is 2.13. The molecule has 0 saturated heterocycles. The van der Waals surface area contributed by atoms with Crippen molar-refractivity contribution in [1.29, 1.82) is 0 Å². The molecule has 0 spiro atoms. The van der Waals surface area contributed by atoms with E-state index in [9.17, 15) is 9.59 Å². The number of benzene rings is 2. The second-order valence-corrected chi connectivity index (χ2v) is 4.60. The number of carbonyl (C=O) groups excluding carboxylic acids is 2. The van der Waals surface area contributed by atoms with E-state index in [1.165, 1.54) is 0 Å². The lowest BCUT2D eigenvalue weighted by molar-refractivity contribution is -0.116. The summed E-state index contributed by atoms with van der Waals surface area (Å²) < 4.78 is 0. The molecule has 0 unspecified atom stereocenters. The van der Waals surface area contributed by atoms with Crippen LogP contribution in [0.1, 0.15) is 34.8 Å². The average Bonchev–Trinajstić information content (AvgIpc) is 2.45. The Bertz CT molecular complexity index is 585. The lowest BCUT2D eigenvalue weighted by atomic mass is 9.99. The van der Waals surface area contributed by atoms with Gasteiger partial charge in [-0.3, -0.25) is 4.79 Å². The number of rotatable bonds is 5. The number of carbonyl (C=O) groups is 2. The third-order valence-corrected chi connectivity index (χ3v) is 2.99. The average molecular weight is 252 g/mol. The summed E-state index contributed by atoms with van der Waals surface area (Å²) >= 11 is 0. The van der Waals surface area contributed by atoms with Crippen LogP contribution in [0.15, 0.2) is 54.6 Å².